The van der Waals surface area contributed by atoms with Gasteiger partial charge in [-0.1, -0.05) is 42.0 Å². The fourth-order valence-corrected chi connectivity index (χ4v) is 4.02. The molecule has 10 heteroatoms. The summed E-state index contributed by atoms with van der Waals surface area (Å²) in [5.41, 5.74) is 0.396. The van der Waals surface area contributed by atoms with E-state index in [1.807, 2.05) is 6.92 Å². The van der Waals surface area contributed by atoms with Crippen molar-refractivity contribution in [3.05, 3.63) is 90.0 Å². The molecule has 0 aliphatic heterocycles. The molecule has 0 aliphatic rings. The van der Waals surface area contributed by atoms with Crippen molar-refractivity contribution in [1.82, 2.24) is 4.72 Å². The molecule has 0 bridgehead atoms. The Hall–Kier alpha value is -3.37. The average Bonchev–Trinajstić information content (AvgIpc) is 2.77. The number of rotatable bonds is 7. The summed E-state index contributed by atoms with van der Waals surface area (Å²) in [5, 5.41) is 2.61. The number of hydrogen-bond donors (Lipinski definition) is 2. The van der Waals surface area contributed by atoms with E-state index < -0.39 is 27.8 Å². The number of benzene rings is 3. The van der Waals surface area contributed by atoms with Crippen LogP contribution >= 0.6 is 0 Å². The maximum Gasteiger partial charge on any atom is 0.416 e. The molecule has 0 radical (unpaired) electrons. The molecule has 6 nitrogen and oxygen atoms in total. The maximum absolute atomic E-state index is 13.2. The monoisotopic (exact) mass is 477 g/mol. The molecule has 3 aromatic rings. The summed E-state index contributed by atoms with van der Waals surface area (Å²) in [7, 11) is -3.86. The first-order chi connectivity index (χ1) is 15.6. The Morgan fingerprint density at radius 1 is 0.939 bits per heavy atom. The number of alkyl halides is 3. The van der Waals surface area contributed by atoms with E-state index in [2.05, 4.69) is 10.0 Å². The van der Waals surface area contributed by atoms with Crippen molar-refractivity contribution in [2.24, 2.45) is 0 Å². The van der Waals surface area contributed by atoms with E-state index in [9.17, 15) is 26.4 Å². The van der Waals surface area contributed by atoms with Crippen molar-refractivity contribution in [3.63, 3.8) is 0 Å². The number of nitrogens with one attached hydrogen (secondary N) is 2. The molecule has 0 atom stereocenters. The van der Waals surface area contributed by atoms with E-state index in [0.717, 1.165) is 22.6 Å². The van der Waals surface area contributed by atoms with Crippen LogP contribution in [0.25, 0.3) is 0 Å². The van der Waals surface area contributed by atoms with Crippen LogP contribution in [0.3, 0.4) is 0 Å². The summed E-state index contributed by atoms with van der Waals surface area (Å²) in [4.78, 5) is 14.0. The third kappa shape index (κ3) is 6.56. The number of para-hydroxylation sites is 1. The minimum absolute atomic E-state index is 0.0206. The molecule has 0 spiro atoms. The summed E-state index contributed by atoms with van der Waals surface area (Å²) in [5.74, 6) is 0. The smallest absolute Gasteiger partial charge is 0.308 e. The highest BCUT2D eigenvalue weighted by molar-refractivity contribution is 7.89. The lowest BCUT2D eigenvalue weighted by atomic mass is 10.2. The molecule has 3 rings (SSSR count). The Kier molecular flexibility index (Phi) is 7.39. The fraction of sp³-hybridized carbons (Fsp3) is 0.174. The number of hydrogen-bond acceptors (Lipinski definition) is 3. The zero-order valence-corrected chi connectivity index (χ0v) is 18.5. The second-order valence-corrected chi connectivity index (χ2v) is 8.97. The molecule has 0 aromatic heterocycles. The van der Waals surface area contributed by atoms with Crippen molar-refractivity contribution in [1.29, 1.82) is 0 Å². The first-order valence-electron chi connectivity index (χ1n) is 9.93. The standard InChI is InChI=1S/C23H22F3N3O3S/c1-17-10-12-21(13-11-17)33(31,32)27-14-15-29(22(30)28-19-7-3-2-4-8-19)20-9-5-6-18(16-20)23(24,25)26/h2-13,16,27H,14-15H2,1H3,(H,28,30). The van der Waals surface area contributed by atoms with Gasteiger partial charge in [0, 0.05) is 24.5 Å². The van der Waals surface area contributed by atoms with E-state index in [-0.39, 0.29) is 23.7 Å². The van der Waals surface area contributed by atoms with Crippen molar-refractivity contribution in [2.45, 2.75) is 18.0 Å². The Morgan fingerprint density at radius 2 is 1.61 bits per heavy atom. The molecule has 174 valence electrons. The normalized spacial score (nSPS) is 11.8. The average molecular weight is 478 g/mol. The summed E-state index contributed by atoms with van der Waals surface area (Å²) < 4.78 is 67.0. The molecule has 0 unspecified atom stereocenters. The SMILES string of the molecule is Cc1ccc(S(=O)(=O)NCCN(C(=O)Nc2ccccc2)c2cccc(C(F)(F)F)c2)cc1. The van der Waals surface area contributed by atoms with Gasteiger partial charge in [-0.2, -0.15) is 13.2 Å². The van der Waals surface area contributed by atoms with Gasteiger partial charge in [-0.3, -0.25) is 4.90 Å². The second-order valence-electron chi connectivity index (χ2n) is 7.21. The highest BCUT2D eigenvalue weighted by atomic mass is 32.2. The highest BCUT2D eigenvalue weighted by Crippen LogP contribution is 2.31. The molecule has 0 fully saturated rings. The van der Waals surface area contributed by atoms with Gasteiger partial charge in [-0.25, -0.2) is 17.9 Å². The summed E-state index contributed by atoms with van der Waals surface area (Å²) in [6, 6.07) is 18.2. The predicted octanol–water partition coefficient (Wildman–Crippen LogP) is 5.03. The first kappa shape index (κ1) is 24.3. The number of carbonyl (C=O) groups is 1. The largest absolute Gasteiger partial charge is 0.416 e. The predicted molar refractivity (Wildman–Crippen MR) is 121 cm³/mol. The van der Waals surface area contributed by atoms with E-state index in [0.29, 0.717) is 5.69 Å². The van der Waals surface area contributed by atoms with Gasteiger partial charge in [0.25, 0.3) is 0 Å². The van der Waals surface area contributed by atoms with Crippen LogP contribution in [0.5, 0.6) is 0 Å². The van der Waals surface area contributed by atoms with Crippen LogP contribution in [-0.2, 0) is 16.2 Å². The molecular weight excluding hydrogens is 455 g/mol. The van der Waals surface area contributed by atoms with Crippen LogP contribution in [0.15, 0.2) is 83.8 Å². The first-order valence-corrected chi connectivity index (χ1v) is 11.4. The molecular formula is C23H22F3N3O3S. The number of urea groups is 1. The van der Waals surface area contributed by atoms with Gasteiger partial charge in [0.05, 0.1) is 10.5 Å². The third-order valence-corrected chi connectivity index (χ3v) is 6.19. The number of nitrogens with zero attached hydrogens (tertiary/aromatic N) is 1. The van der Waals surface area contributed by atoms with E-state index in [1.54, 1.807) is 42.5 Å². The van der Waals surface area contributed by atoms with Crippen molar-refractivity contribution in [2.75, 3.05) is 23.3 Å². The fourth-order valence-electron chi connectivity index (χ4n) is 3.00. The highest BCUT2D eigenvalue weighted by Gasteiger charge is 2.31. The lowest BCUT2D eigenvalue weighted by molar-refractivity contribution is -0.137. The summed E-state index contributed by atoms with van der Waals surface area (Å²) in [6.07, 6.45) is -4.59. The van der Waals surface area contributed by atoms with Gasteiger partial charge >= 0.3 is 12.2 Å². The van der Waals surface area contributed by atoms with Crippen LogP contribution < -0.4 is 14.9 Å². The number of sulfonamides is 1. The van der Waals surface area contributed by atoms with Gasteiger partial charge in [0.1, 0.15) is 0 Å². The molecule has 0 heterocycles. The number of halogens is 3. The summed E-state index contributed by atoms with van der Waals surface area (Å²) >= 11 is 0. The number of anilines is 2. The van der Waals surface area contributed by atoms with Gasteiger partial charge in [-0.15, -0.1) is 0 Å². The molecule has 2 amide bonds. The van der Waals surface area contributed by atoms with Crippen molar-refractivity contribution in [3.8, 4) is 0 Å². The quantitative estimate of drug-likeness (QED) is 0.501. The van der Waals surface area contributed by atoms with E-state index in [1.165, 1.54) is 24.3 Å². The van der Waals surface area contributed by atoms with Crippen LogP contribution in [-0.4, -0.2) is 27.5 Å². The van der Waals surface area contributed by atoms with E-state index >= 15 is 0 Å². The third-order valence-electron chi connectivity index (χ3n) is 4.71. The number of amides is 2. The summed E-state index contributed by atoms with van der Waals surface area (Å²) in [6.45, 7) is 1.40. The second kappa shape index (κ2) is 10.1. The van der Waals surface area contributed by atoms with Gasteiger partial charge in [-0.05, 0) is 49.4 Å². The van der Waals surface area contributed by atoms with Crippen molar-refractivity contribution < 1.29 is 26.4 Å². The number of carbonyl (C=O) groups excluding carboxylic acids is 1. The van der Waals surface area contributed by atoms with Gasteiger partial charge in [0.2, 0.25) is 10.0 Å². The Bertz CT molecular complexity index is 1200. The minimum atomic E-state index is -4.59. The Labute approximate surface area is 190 Å². The van der Waals surface area contributed by atoms with Crippen molar-refractivity contribution >= 4 is 27.4 Å². The Balaban J connectivity index is 1.81. The zero-order valence-electron chi connectivity index (χ0n) is 17.6. The molecule has 33 heavy (non-hydrogen) atoms. The lowest BCUT2D eigenvalue weighted by Crippen LogP contribution is -2.41. The molecule has 2 N–H and O–H groups in total. The topological polar surface area (TPSA) is 78.5 Å². The maximum atomic E-state index is 13.2. The molecule has 0 saturated carbocycles. The van der Waals surface area contributed by atoms with Crippen LogP contribution in [0, 0.1) is 6.92 Å². The zero-order chi connectivity index (χ0) is 24.1. The molecule has 3 aromatic carbocycles. The minimum Gasteiger partial charge on any atom is -0.308 e. The van der Waals surface area contributed by atoms with Crippen LogP contribution in [0.4, 0.5) is 29.3 Å². The van der Waals surface area contributed by atoms with Gasteiger partial charge < -0.3 is 5.32 Å². The lowest BCUT2D eigenvalue weighted by Gasteiger charge is -2.24. The number of aryl methyl sites for hydroxylation is 1. The van der Waals surface area contributed by atoms with E-state index in [4.69, 9.17) is 0 Å². The molecule has 0 saturated heterocycles. The Morgan fingerprint density at radius 3 is 2.24 bits per heavy atom. The van der Waals surface area contributed by atoms with Gasteiger partial charge in [0.15, 0.2) is 0 Å². The molecule has 0 aliphatic carbocycles. The van der Waals surface area contributed by atoms with Crippen LogP contribution in [0.2, 0.25) is 0 Å². The van der Waals surface area contributed by atoms with Crippen LogP contribution in [0.1, 0.15) is 11.1 Å².